The summed E-state index contributed by atoms with van der Waals surface area (Å²) in [4.78, 5) is 0. The van der Waals surface area contributed by atoms with Crippen molar-refractivity contribution in [3.05, 3.63) is 25.6 Å². The van der Waals surface area contributed by atoms with Crippen LogP contribution in [0.3, 0.4) is 0 Å². The van der Waals surface area contributed by atoms with E-state index in [0.717, 1.165) is 19.1 Å². The van der Waals surface area contributed by atoms with Gasteiger partial charge in [0.05, 0.1) is 12.3 Å². The van der Waals surface area contributed by atoms with Gasteiger partial charge in [-0.15, -0.1) is 0 Å². The van der Waals surface area contributed by atoms with E-state index in [1.165, 1.54) is 0 Å². The van der Waals surface area contributed by atoms with Gasteiger partial charge in [0.2, 0.25) is 0 Å². The number of benzene rings is 1. The molecule has 0 aliphatic heterocycles. The zero-order valence-electron chi connectivity index (χ0n) is 8.95. The van der Waals surface area contributed by atoms with Crippen molar-refractivity contribution in [2.75, 3.05) is 25.1 Å². The summed E-state index contributed by atoms with van der Waals surface area (Å²) in [6.07, 6.45) is -4.28. The molecular formula is C10H9Br3F3NO. The van der Waals surface area contributed by atoms with E-state index in [1.807, 2.05) is 12.1 Å². The van der Waals surface area contributed by atoms with Crippen molar-refractivity contribution < 1.29 is 17.9 Å². The Hall–Kier alpha value is 0.210. The number of alkyl halides is 3. The molecule has 0 bridgehead atoms. The fourth-order valence-corrected chi connectivity index (χ4v) is 3.69. The normalized spacial score (nSPS) is 11.7. The maximum Gasteiger partial charge on any atom is 0.411 e. The van der Waals surface area contributed by atoms with Crippen LogP contribution in [-0.2, 0) is 4.74 Å². The topological polar surface area (TPSA) is 21.3 Å². The number of nitrogens with one attached hydrogen (secondary N) is 1. The molecule has 0 fully saturated rings. The Morgan fingerprint density at radius 2 is 1.67 bits per heavy atom. The van der Waals surface area contributed by atoms with Gasteiger partial charge in [0.1, 0.15) is 6.61 Å². The summed E-state index contributed by atoms with van der Waals surface area (Å²) in [5, 5.41) is 2.99. The Morgan fingerprint density at radius 3 is 2.17 bits per heavy atom. The van der Waals surface area contributed by atoms with E-state index in [0.29, 0.717) is 0 Å². The number of hydrogen-bond donors (Lipinski definition) is 1. The standard InChI is InChI=1S/C10H9Br3F3NO/c11-6-3-7(12)9(8(13)4-6)17-1-2-18-5-10(14,15)16/h3-4,17H,1-2,5H2. The first-order valence-electron chi connectivity index (χ1n) is 4.82. The molecule has 8 heteroatoms. The van der Waals surface area contributed by atoms with Crippen molar-refractivity contribution >= 4 is 53.5 Å². The van der Waals surface area contributed by atoms with Crippen molar-refractivity contribution in [1.82, 2.24) is 0 Å². The minimum absolute atomic E-state index is 0.0194. The van der Waals surface area contributed by atoms with Crippen LogP contribution in [0.1, 0.15) is 0 Å². The second kappa shape index (κ2) is 7.12. The first kappa shape index (κ1) is 16.3. The lowest BCUT2D eigenvalue weighted by molar-refractivity contribution is -0.172. The van der Waals surface area contributed by atoms with E-state index in [-0.39, 0.29) is 13.2 Å². The van der Waals surface area contributed by atoms with Crippen LogP contribution in [0.4, 0.5) is 18.9 Å². The molecule has 18 heavy (non-hydrogen) atoms. The monoisotopic (exact) mass is 453 g/mol. The minimum atomic E-state index is -4.28. The molecule has 0 heterocycles. The van der Waals surface area contributed by atoms with Gasteiger partial charge < -0.3 is 10.1 Å². The summed E-state index contributed by atoms with van der Waals surface area (Å²) in [5.41, 5.74) is 0.772. The van der Waals surface area contributed by atoms with Gasteiger partial charge in [-0.1, -0.05) is 15.9 Å². The number of ether oxygens (including phenoxy) is 1. The molecule has 102 valence electrons. The maximum absolute atomic E-state index is 11.8. The van der Waals surface area contributed by atoms with E-state index in [2.05, 4.69) is 57.8 Å². The fraction of sp³-hybridized carbons (Fsp3) is 0.400. The summed E-state index contributed by atoms with van der Waals surface area (Å²) in [6, 6.07) is 3.67. The SMILES string of the molecule is FC(F)(F)COCCNc1c(Br)cc(Br)cc1Br. The van der Waals surface area contributed by atoms with Crippen LogP contribution < -0.4 is 5.32 Å². The third kappa shape index (κ3) is 5.90. The van der Waals surface area contributed by atoms with Crippen LogP contribution in [0.2, 0.25) is 0 Å². The van der Waals surface area contributed by atoms with Crippen LogP contribution in [-0.4, -0.2) is 25.9 Å². The van der Waals surface area contributed by atoms with E-state index in [1.54, 1.807) is 0 Å². The number of halogens is 6. The van der Waals surface area contributed by atoms with E-state index in [4.69, 9.17) is 0 Å². The predicted octanol–water partition coefficient (Wildman–Crippen LogP) is 4.96. The first-order chi connectivity index (χ1) is 8.29. The third-order valence-electron chi connectivity index (χ3n) is 1.82. The average molecular weight is 456 g/mol. The van der Waals surface area contributed by atoms with Crippen LogP contribution in [0.15, 0.2) is 25.6 Å². The fourth-order valence-electron chi connectivity index (χ4n) is 1.15. The zero-order chi connectivity index (χ0) is 13.8. The second-order valence-electron chi connectivity index (χ2n) is 3.34. The van der Waals surface area contributed by atoms with E-state index < -0.39 is 12.8 Å². The maximum atomic E-state index is 11.8. The van der Waals surface area contributed by atoms with Gasteiger partial charge in [-0.3, -0.25) is 0 Å². The van der Waals surface area contributed by atoms with Gasteiger partial charge in [-0.2, -0.15) is 13.2 Å². The van der Waals surface area contributed by atoms with E-state index in [9.17, 15) is 13.2 Å². The molecule has 0 atom stereocenters. The lowest BCUT2D eigenvalue weighted by atomic mass is 10.3. The quantitative estimate of drug-likeness (QED) is 0.633. The highest BCUT2D eigenvalue weighted by Gasteiger charge is 2.27. The molecule has 0 aromatic heterocycles. The molecule has 1 aromatic rings. The van der Waals surface area contributed by atoms with Gasteiger partial charge in [0, 0.05) is 20.0 Å². The summed E-state index contributed by atoms with van der Waals surface area (Å²) in [6.45, 7) is -0.958. The first-order valence-corrected chi connectivity index (χ1v) is 7.20. The van der Waals surface area contributed by atoms with Gasteiger partial charge in [0.15, 0.2) is 0 Å². The number of rotatable bonds is 5. The molecule has 0 saturated heterocycles. The molecule has 0 amide bonds. The Labute approximate surface area is 128 Å². The van der Waals surface area contributed by atoms with Gasteiger partial charge in [-0.25, -0.2) is 0 Å². The molecule has 1 rings (SSSR count). The smallest absolute Gasteiger partial charge is 0.381 e. The molecule has 1 aromatic carbocycles. The largest absolute Gasteiger partial charge is 0.411 e. The lowest BCUT2D eigenvalue weighted by Crippen LogP contribution is -2.20. The molecule has 0 aliphatic rings. The highest BCUT2D eigenvalue weighted by molar-refractivity contribution is 9.11. The summed E-state index contributed by atoms with van der Waals surface area (Å²) in [7, 11) is 0. The molecular weight excluding hydrogens is 447 g/mol. The lowest BCUT2D eigenvalue weighted by Gasteiger charge is -2.12. The van der Waals surface area contributed by atoms with Gasteiger partial charge in [0.25, 0.3) is 0 Å². The van der Waals surface area contributed by atoms with Gasteiger partial charge >= 0.3 is 6.18 Å². The van der Waals surface area contributed by atoms with Crippen molar-refractivity contribution in [3.63, 3.8) is 0 Å². The highest BCUT2D eigenvalue weighted by atomic mass is 79.9. The van der Waals surface area contributed by atoms with Gasteiger partial charge in [-0.05, 0) is 44.0 Å². The Balaban J connectivity index is 2.41. The predicted molar refractivity (Wildman–Crippen MR) is 74.9 cm³/mol. The molecule has 0 saturated carbocycles. The molecule has 0 radical (unpaired) electrons. The number of anilines is 1. The van der Waals surface area contributed by atoms with Crippen LogP contribution in [0, 0.1) is 0 Å². The molecule has 1 N–H and O–H groups in total. The average Bonchev–Trinajstić information content (AvgIpc) is 2.19. The highest BCUT2D eigenvalue weighted by Crippen LogP contribution is 2.34. The van der Waals surface area contributed by atoms with Crippen LogP contribution >= 0.6 is 47.8 Å². The molecule has 2 nitrogen and oxygen atoms in total. The summed E-state index contributed by atoms with van der Waals surface area (Å²) in [5.74, 6) is 0. The molecule has 0 unspecified atom stereocenters. The second-order valence-corrected chi connectivity index (χ2v) is 5.96. The van der Waals surface area contributed by atoms with Crippen molar-refractivity contribution in [2.45, 2.75) is 6.18 Å². The van der Waals surface area contributed by atoms with Crippen LogP contribution in [0.25, 0.3) is 0 Å². The van der Waals surface area contributed by atoms with Crippen molar-refractivity contribution in [2.24, 2.45) is 0 Å². The summed E-state index contributed by atoms with van der Waals surface area (Å²) >= 11 is 10.0. The third-order valence-corrected chi connectivity index (χ3v) is 3.53. The van der Waals surface area contributed by atoms with Crippen molar-refractivity contribution in [1.29, 1.82) is 0 Å². The summed E-state index contributed by atoms with van der Waals surface area (Å²) < 4.78 is 42.4. The number of hydrogen-bond acceptors (Lipinski definition) is 2. The molecule has 0 spiro atoms. The van der Waals surface area contributed by atoms with Crippen LogP contribution in [0.5, 0.6) is 0 Å². The zero-order valence-corrected chi connectivity index (χ0v) is 13.7. The minimum Gasteiger partial charge on any atom is -0.381 e. The van der Waals surface area contributed by atoms with E-state index >= 15 is 0 Å². The molecule has 0 aliphatic carbocycles. The Kier molecular flexibility index (Phi) is 6.43. The Bertz CT molecular complexity index is 389. The Morgan fingerprint density at radius 1 is 1.11 bits per heavy atom. The van der Waals surface area contributed by atoms with Crippen molar-refractivity contribution in [3.8, 4) is 0 Å².